The lowest BCUT2D eigenvalue weighted by molar-refractivity contribution is -0.130. The molecule has 1 aliphatic carbocycles. The number of nitrogens with one attached hydrogen (secondary N) is 3. The lowest BCUT2D eigenvalue weighted by Gasteiger charge is -2.21. The summed E-state index contributed by atoms with van der Waals surface area (Å²) in [6, 6.07) is 23.9. The van der Waals surface area contributed by atoms with Crippen molar-refractivity contribution in [2.75, 3.05) is 0 Å². The number of hydrogen-bond acceptors (Lipinski definition) is 5. The van der Waals surface area contributed by atoms with Crippen LogP contribution in [0.5, 0.6) is 0 Å². The summed E-state index contributed by atoms with van der Waals surface area (Å²) in [4.78, 5) is 37.5. The lowest BCUT2D eigenvalue weighted by Crippen LogP contribution is -2.53. The maximum atomic E-state index is 13.2. The first-order valence-electron chi connectivity index (χ1n) is 12.4. The Hall–Kier alpha value is -4.50. The highest BCUT2D eigenvalue weighted by molar-refractivity contribution is 5.96. The van der Waals surface area contributed by atoms with Gasteiger partial charge in [0, 0.05) is 24.4 Å². The second kappa shape index (κ2) is 11.3. The number of hydrogen-bond donors (Lipinski definition) is 6. The molecule has 3 atom stereocenters. The van der Waals surface area contributed by atoms with E-state index in [-0.39, 0.29) is 31.1 Å². The average molecular weight is 513 g/mol. The molecule has 3 aromatic rings. The number of amidine groups is 1. The SMILES string of the molecule is N=C(N)c1ccc(CNC(=O)[C@H](CCC(N)=O)NC(=O)C2(N)CC2c2ccc(-c3ccccc3)cc2)cc1. The topological polar surface area (TPSA) is 177 Å². The van der Waals surface area contributed by atoms with Crippen LogP contribution in [0.2, 0.25) is 0 Å². The number of nitrogen functional groups attached to an aromatic ring is 1. The van der Waals surface area contributed by atoms with Gasteiger partial charge in [0.1, 0.15) is 17.4 Å². The van der Waals surface area contributed by atoms with Gasteiger partial charge in [0.05, 0.1) is 0 Å². The summed E-state index contributed by atoms with van der Waals surface area (Å²) < 4.78 is 0. The maximum absolute atomic E-state index is 13.2. The summed E-state index contributed by atoms with van der Waals surface area (Å²) in [6.07, 6.45) is 0.451. The lowest BCUT2D eigenvalue weighted by atomic mass is 10.0. The number of amides is 3. The van der Waals surface area contributed by atoms with Gasteiger partial charge in [-0.3, -0.25) is 19.8 Å². The van der Waals surface area contributed by atoms with Crippen LogP contribution in [-0.2, 0) is 20.9 Å². The molecule has 9 heteroatoms. The van der Waals surface area contributed by atoms with Crippen molar-refractivity contribution in [2.24, 2.45) is 17.2 Å². The van der Waals surface area contributed by atoms with Crippen molar-refractivity contribution in [3.8, 4) is 11.1 Å². The van der Waals surface area contributed by atoms with Crippen LogP contribution >= 0.6 is 0 Å². The van der Waals surface area contributed by atoms with Crippen molar-refractivity contribution in [3.05, 3.63) is 95.6 Å². The van der Waals surface area contributed by atoms with E-state index in [2.05, 4.69) is 10.6 Å². The summed E-state index contributed by atoms with van der Waals surface area (Å²) >= 11 is 0. The van der Waals surface area contributed by atoms with E-state index < -0.39 is 29.3 Å². The Morgan fingerprint density at radius 3 is 2.16 bits per heavy atom. The highest BCUT2D eigenvalue weighted by atomic mass is 16.2. The van der Waals surface area contributed by atoms with Crippen LogP contribution in [0, 0.1) is 5.41 Å². The molecular weight excluding hydrogens is 480 g/mol. The minimum absolute atomic E-state index is 0.0453. The first-order chi connectivity index (χ1) is 18.2. The van der Waals surface area contributed by atoms with E-state index in [1.165, 1.54) is 0 Å². The third kappa shape index (κ3) is 6.24. The van der Waals surface area contributed by atoms with Crippen LogP contribution in [0.3, 0.4) is 0 Å². The number of benzene rings is 3. The minimum atomic E-state index is -1.14. The molecular formula is C29H32N6O3. The summed E-state index contributed by atoms with van der Waals surface area (Å²) in [5, 5.41) is 13.0. The van der Waals surface area contributed by atoms with Gasteiger partial charge in [-0.2, -0.15) is 0 Å². The number of nitrogens with two attached hydrogens (primary N) is 3. The van der Waals surface area contributed by atoms with Crippen LogP contribution in [0.25, 0.3) is 11.1 Å². The smallest absolute Gasteiger partial charge is 0.242 e. The highest BCUT2D eigenvalue weighted by Crippen LogP contribution is 2.50. The predicted octanol–water partition coefficient (Wildman–Crippen LogP) is 1.89. The molecule has 0 radical (unpaired) electrons. The number of rotatable bonds is 11. The average Bonchev–Trinajstić information content (AvgIpc) is 3.63. The molecule has 3 amide bonds. The normalized spacial score (nSPS) is 18.7. The Kier molecular flexibility index (Phi) is 7.87. The van der Waals surface area contributed by atoms with Crippen LogP contribution in [0.15, 0.2) is 78.9 Å². The molecule has 0 aliphatic heterocycles. The number of primary amides is 1. The second-order valence-electron chi connectivity index (χ2n) is 9.64. The minimum Gasteiger partial charge on any atom is -0.384 e. The van der Waals surface area contributed by atoms with Crippen LogP contribution in [0.1, 0.15) is 41.9 Å². The van der Waals surface area contributed by atoms with E-state index in [9.17, 15) is 14.4 Å². The van der Waals surface area contributed by atoms with Gasteiger partial charge in [0.15, 0.2) is 0 Å². The fraction of sp³-hybridized carbons (Fsp3) is 0.241. The van der Waals surface area contributed by atoms with Gasteiger partial charge in [-0.1, -0.05) is 78.9 Å². The Balaban J connectivity index is 1.38. The zero-order valence-corrected chi connectivity index (χ0v) is 20.9. The molecule has 1 fully saturated rings. The van der Waals surface area contributed by atoms with Gasteiger partial charge >= 0.3 is 0 Å². The van der Waals surface area contributed by atoms with Crippen LogP contribution in [-0.4, -0.2) is 35.1 Å². The third-order valence-electron chi connectivity index (χ3n) is 6.88. The molecule has 1 saturated carbocycles. The monoisotopic (exact) mass is 512 g/mol. The van der Waals surface area contributed by atoms with Gasteiger partial charge in [0.25, 0.3) is 0 Å². The third-order valence-corrected chi connectivity index (χ3v) is 6.88. The van der Waals surface area contributed by atoms with Gasteiger partial charge in [0.2, 0.25) is 17.7 Å². The molecule has 38 heavy (non-hydrogen) atoms. The van der Waals surface area contributed by atoms with Crippen molar-refractivity contribution in [1.29, 1.82) is 5.41 Å². The number of carbonyl (C=O) groups excluding carboxylic acids is 3. The van der Waals surface area contributed by atoms with Crippen LogP contribution in [0.4, 0.5) is 0 Å². The fourth-order valence-electron chi connectivity index (χ4n) is 4.45. The first kappa shape index (κ1) is 26.6. The molecule has 4 rings (SSSR count). The molecule has 9 N–H and O–H groups in total. The molecule has 3 aromatic carbocycles. The summed E-state index contributed by atoms with van der Waals surface area (Å²) in [5.74, 6) is -1.67. The van der Waals surface area contributed by atoms with Crippen molar-refractivity contribution in [3.63, 3.8) is 0 Å². The largest absolute Gasteiger partial charge is 0.384 e. The van der Waals surface area contributed by atoms with E-state index >= 15 is 0 Å². The summed E-state index contributed by atoms with van der Waals surface area (Å²) in [7, 11) is 0. The highest BCUT2D eigenvalue weighted by Gasteiger charge is 2.58. The van der Waals surface area contributed by atoms with Crippen molar-refractivity contribution in [1.82, 2.24) is 10.6 Å². The second-order valence-corrected chi connectivity index (χ2v) is 9.64. The molecule has 9 nitrogen and oxygen atoms in total. The zero-order valence-electron chi connectivity index (χ0n) is 20.9. The maximum Gasteiger partial charge on any atom is 0.242 e. The van der Waals surface area contributed by atoms with Gasteiger partial charge in [-0.05, 0) is 35.1 Å². The van der Waals surface area contributed by atoms with Crippen LogP contribution < -0.4 is 27.8 Å². The zero-order chi connectivity index (χ0) is 27.3. The Labute approximate surface area is 221 Å². The quantitative estimate of drug-likeness (QED) is 0.169. The molecule has 2 unspecified atom stereocenters. The van der Waals surface area contributed by atoms with E-state index in [0.717, 1.165) is 22.3 Å². The van der Waals surface area contributed by atoms with Crippen molar-refractivity contribution < 1.29 is 14.4 Å². The first-order valence-corrected chi connectivity index (χ1v) is 12.4. The molecule has 0 aromatic heterocycles. The van der Waals surface area contributed by atoms with Crippen molar-refractivity contribution >= 4 is 23.6 Å². The van der Waals surface area contributed by atoms with E-state index in [1.54, 1.807) is 24.3 Å². The Morgan fingerprint density at radius 1 is 0.921 bits per heavy atom. The Bertz CT molecular complexity index is 1320. The number of carbonyl (C=O) groups is 3. The van der Waals surface area contributed by atoms with E-state index in [0.29, 0.717) is 12.0 Å². The molecule has 0 bridgehead atoms. The van der Waals surface area contributed by atoms with Gasteiger partial charge in [-0.15, -0.1) is 0 Å². The van der Waals surface area contributed by atoms with Crippen molar-refractivity contribution in [2.45, 2.75) is 43.3 Å². The molecule has 196 valence electrons. The van der Waals surface area contributed by atoms with Gasteiger partial charge < -0.3 is 27.8 Å². The Morgan fingerprint density at radius 2 is 1.55 bits per heavy atom. The predicted molar refractivity (Wildman–Crippen MR) is 146 cm³/mol. The van der Waals surface area contributed by atoms with Gasteiger partial charge in [-0.25, -0.2) is 0 Å². The fourth-order valence-corrected chi connectivity index (χ4v) is 4.45. The standard InChI is InChI=1S/C29H32N6O3/c30-25(36)15-14-24(27(37)34-17-18-6-8-22(9-7-18)26(31)32)35-28(38)29(33)16-23(29)21-12-10-20(11-13-21)19-4-2-1-3-5-19/h1-13,23-24H,14-17,33H2,(H2,30,36)(H3,31,32)(H,34,37)(H,35,38)/t23?,24-,29?/m0/s1. The molecule has 1 aliphatic rings. The summed E-state index contributed by atoms with van der Waals surface area (Å²) in [5.41, 5.74) is 20.6. The van der Waals surface area contributed by atoms with E-state index in [4.69, 9.17) is 22.6 Å². The molecule has 0 spiro atoms. The summed E-state index contributed by atoms with van der Waals surface area (Å²) in [6.45, 7) is 0.199. The molecule has 0 heterocycles. The van der Waals surface area contributed by atoms with E-state index in [1.807, 2.05) is 54.6 Å². The molecule has 0 saturated heterocycles.